The topological polar surface area (TPSA) is 128 Å². The maximum atomic E-state index is 12.4. The van der Waals surface area contributed by atoms with Crippen LogP contribution in [-0.2, 0) is 30.3 Å². The van der Waals surface area contributed by atoms with E-state index in [-0.39, 0.29) is 48.2 Å². The molecule has 1 rings (SSSR count). The smallest absolute Gasteiger partial charge is 0.321 e. The zero-order chi connectivity index (χ0) is 27.4. The van der Waals surface area contributed by atoms with Gasteiger partial charge in [0.2, 0.25) is 0 Å². The first kappa shape index (κ1) is 31.1. The molecule has 0 aliphatic heterocycles. The maximum Gasteiger partial charge on any atom is 0.321 e. The first-order valence-corrected chi connectivity index (χ1v) is 12.7. The van der Waals surface area contributed by atoms with Crippen molar-refractivity contribution >= 4 is 23.9 Å². The summed E-state index contributed by atoms with van der Waals surface area (Å²) in [5.74, 6) is -3.08. The van der Waals surface area contributed by atoms with Gasteiger partial charge in [0, 0.05) is 6.54 Å². The summed E-state index contributed by atoms with van der Waals surface area (Å²) in [5, 5.41) is 12.6. The Bertz CT molecular complexity index is 900. The monoisotopic (exact) mass is 507 g/mol. The maximum absolute atomic E-state index is 12.4. The molecule has 4 unspecified atom stereocenters. The summed E-state index contributed by atoms with van der Waals surface area (Å²) >= 11 is 0. The van der Waals surface area contributed by atoms with E-state index in [2.05, 4.69) is 5.32 Å². The van der Waals surface area contributed by atoms with E-state index < -0.39 is 30.1 Å². The lowest BCUT2D eigenvalue weighted by molar-refractivity contribution is -0.152. The number of ether oxygens (including phenoxy) is 3. The van der Waals surface area contributed by atoms with E-state index in [1.54, 1.807) is 33.8 Å². The third-order valence-electron chi connectivity index (χ3n) is 6.18. The Morgan fingerprint density at radius 2 is 1.31 bits per heavy atom. The number of hydrogen-bond donors (Lipinski definition) is 2. The second-order valence-electron chi connectivity index (χ2n) is 9.30. The Balaban J connectivity index is 3.04. The molecule has 0 spiro atoms. The molecular weight excluding hydrogens is 466 g/mol. The minimum atomic E-state index is -1.08. The third kappa shape index (κ3) is 9.97. The van der Waals surface area contributed by atoms with E-state index >= 15 is 0 Å². The average molecular weight is 508 g/mol. The van der Waals surface area contributed by atoms with E-state index in [0.717, 1.165) is 0 Å². The highest BCUT2D eigenvalue weighted by molar-refractivity contribution is 5.78. The summed E-state index contributed by atoms with van der Waals surface area (Å²) in [6.45, 7) is 12.7. The van der Waals surface area contributed by atoms with Crippen LogP contribution in [0, 0.1) is 17.8 Å². The Morgan fingerprint density at radius 3 is 1.81 bits per heavy atom. The van der Waals surface area contributed by atoms with Crippen LogP contribution in [-0.4, -0.2) is 47.7 Å². The number of carboxylic acid groups (broad SMARTS) is 1. The molecule has 9 heteroatoms. The molecule has 0 aromatic heterocycles. The fourth-order valence-corrected chi connectivity index (χ4v) is 2.91. The van der Waals surface area contributed by atoms with E-state index in [9.17, 15) is 24.3 Å². The van der Waals surface area contributed by atoms with Gasteiger partial charge in [0.25, 0.3) is 0 Å². The molecule has 0 saturated carbocycles. The zero-order valence-electron chi connectivity index (χ0n) is 22.5. The van der Waals surface area contributed by atoms with E-state index in [4.69, 9.17) is 14.2 Å². The predicted octanol–water partition coefficient (Wildman–Crippen LogP) is 4.15. The van der Waals surface area contributed by atoms with Gasteiger partial charge >= 0.3 is 23.9 Å². The standard InChI is InChI=1S/C27H41NO8/c1-8-16(4)25(31)34-19(7)15-28-21(24(29)30)13-20-11-12-22(35-26(32)17(5)9-2)23(14-20)36-27(33)18(6)10-3/h11-12,14,16-19,21,28H,8-10,13,15H2,1-7H3,(H,29,30)/t16?,17?,18?,19?,21-/m0/s1. The summed E-state index contributed by atoms with van der Waals surface area (Å²) < 4.78 is 16.4. The van der Waals surface area contributed by atoms with Crippen LogP contribution in [0.25, 0.3) is 0 Å². The van der Waals surface area contributed by atoms with Crippen molar-refractivity contribution in [2.24, 2.45) is 17.8 Å². The van der Waals surface area contributed by atoms with Gasteiger partial charge in [-0.3, -0.25) is 19.2 Å². The third-order valence-corrected chi connectivity index (χ3v) is 6.18. The van der Waals surface area contributed by atoms with Crippen molar-refractivity contribution in [3.8, 4) is 11.5 Å². The van der Waals surface area contributed by atoms with Crippen LogP contribution in [0.3, 0.4) is 0 Å². The molecule has 0 aliphatic rings. The average Bonchev–Trinajstić information content (AvgIpc) is 2.85. The molecule has 0 bridgehead atoms. The van der Waals surface area contributed by atoms with Crippen molar-refractivity contribution in [2.75, 3.05) is 6.54 Å². The molecular formula is C27H41NO8. The lowest BCUT2D eigenvalue weighted by atomic mass is 10.0. The van der Waals surface area contributed by atoms with Crippen molar-refractivity contribution in [3.63, 3.8) is 0 Å². The van der Waals surface area contributed by atoms with Crippen LogP contribution in [0.15, 0.2) is 18.2 Å². The van der Waals surface area contributed by atoms with Crippen LogP contribution >= 0.6 is 0 Å². The zero-order valence-corrected chi connectivity index (χ0v) is 22.5. The fourth-order valence-electron chi connectivity index (χ4n) is 2.91. The molecule has 0 heterocycles. The van der Waals surface area contributed by atoms with Gasteiger partial charge in [0.05, 0.1) is 17.8 Å². The SMILES string of the molecule is CCC(C)C(=O)Oc1ccc(C[C@H](NCC(C)OC(=O)C(C)CC)C(=O)O)cc1OC(=O)C(C)CC. The van der Waals surface area contributed by atoms with Crippen LogP contribution < -0.4 is 14.8 Å². The number of hydrogen-bond acceptors (Lipinski definition) is 8. The normalized spacial score (nSPS) is 15.2. The highest BCUT2D eigenvalue weighted by atomic mass is 16.6. The minimum absolute atomic E-state index is 0.0643. The predicted molar refractivity (Wildman–Crippen MR) is 135 cm³/mol. The summed E-state index contributed by atoms with van der Waals surface area (Å²) in [6.07, 6.45) is 1.38. The Hall–Kier alpha value is -2.94. The van der Waals surface area contributed by atoms with Crippen LogP contribution in [0.5, 0.6) is 11.5 Å². The molecule has 1 aromatic rings. The lowest BCUT2D eigenvalue weighted by Gasteiger charge is -2.20. The van der Waals surface area contributed by atoms with E-state index in [1.807, 2.05) is 20.8 Å². The van der Waals surface area contributed by atoms with Gasteiger partial charge in [0.15, 0.2) is 11.5 Å². The van der Waals surface area contributed by atoms with Crippen LogP contribution in [0.1, 0.15) is 73.3 Å². The van der Waals surface area contributed by atoms with Crippen molar-refractivity contribution in [2.45, 2.75) is 86.3 Å². The number of nitrogens with one attached hydrogen (secondary N) is 1. The molecule has 2 N–H and O–H groups in total. The number of carboxylic acids is 1. The highest BCUT2D eigenvalue weighted by Crippen LogP contribution is 2.31. The molecule has 9 nitrogen and oxygen atoms in total. The molecule has 5 atom stereocenters. The number of rotatable bonds is 15. The number of aliphatic carboxylic acids is 1. The number of esters is 3. The second kappa shape index (κ2) is 15.2. The molecule has 0 saturated heterocycles. The molecule has 202 valence electrons. The number of carbonyl (C=O) groups excluding carboxylic acids is 3. The first-order chi connectivity index (χ1) is 16.9. The van der Waals surface area contributed by atoms with E-state index in [0.29, 0.717) is 24.8 Å². The van der Waals surface area contributed by atoms with Gasteiger partial charge < -0.3 is 24.6 Å². The lowest BCUT2D eigenvalue weighted by Crippen LogP contribution is -2.43. The van der Waals surface area contributed by atoms with E-state index in [1.165, 1.54) is 12.1 Å². The Kier molecular flexibility index (Phi) is 13.2. The fraction of sp³-hybridized carbons (Fsp3) is 0.630. The molecule has 0 amide bonds. The molecule has 36 heavy (non-hydrogen) atoms. The summed E-state index contributed by atoms with van der Waals surface area (Å²) in [6, 6.07) is 3.67. The Labute approximate surface area is 213 Å². The summed E-state index contributed by atoms with van der Waals surface area (Å²) in [5.41, 5.74) is 0.564. The van der Waals surface area contributed by atoms with Gasteiger partial charge in [0.1, 0.15) is 12.1 Å². The van der Waals surface area contributed by atoms with Crippen molar-refractivity contribution in [1.29, 1.82) is 0 Å². The minimum Gasteiger partial charge on any atom is -0.480 e. The van der Waals surface area contributed by atoms with Gasteiger partial charge in [-0.1, -0.05) is 47.6 Å². The summed E-state index contributed by atoms with van der Waals surface area (Å²) in [4.78, 5) is 48.6. The molecule has 1 aromatic carbocycles. The van der Waals surface area contributed by atoms with Gasteiger partial charge in [-0.05, 0) is 50.3 Å². The van der Waals surface area contributed by atoms with Gasteiger partial charge in [-0.15, -0.1) is 0 Å². The van der Waals surface area contributed by atoms with Crippen LogP contribution in [0.4, 0.5) is 0 Å². The van der Waals surface area contributed by atoms with Crippen molar-refractivity contribution in [1.82, 2.24) is 5.32 Å². The number of carbonyl (C=O) groups is 4. The number of benzene rings is 1. The van der Waals surface area contributed by atoms with Gasteiger partial charge in [-0.25, -0.2) is 0 Å². The molecule has 0 fully saturated rings. The molecule has 0 aliphatic carbocycles. The Morgan fingerprint density at radius 1 is 0.806 bits per heavy atom. The quantitative estimate of drug-likeness (QED) is 0.266. The van der Waals surface area contributed by atoms with Crippen molar-refractivity contribution < 1.29 is 38.5 Å². The van der Waals surface area contributed by atoms with Crippen LogP contribution in [0.2, 0.25) is 0 Å². The highest BCUT2D eigenvalue weighted by Gasteiger charge is 2.24. The first-order valence-electron chi connectivity index (χ1n) is 12.7. The van der Waals surface area contributed by atoms with Gasteiger partial charge in [-0.2, -0.15) is 0 Å². The second-order valence-corrected chi connectivity index (χ2v) is 9.30. The molecule has 0 radical (unpaired) electrons. The van der Waals surface area contributed by atoms with Crippen molar-refractivity contribution in [3.05, 3.63) is 23.8 Å². The largest absolute Gasteiger partial charge is 0.480 e. The summed E-state index contributed by atoms with van der Waals surface area (Å²) in [7, 11) is 0.